The fraction of sp³-hybridized carbons (Fsp3) is 0.190. The second-order valence-corrected chi connectivity index (χ2v) is 7.60. The summed E-state index contributed by atoms with van der Waals surface area (Å²) in [4.78, 5) is 31.6. The number of imidazole rings is 1. The molecule has 6 rings (SSSR count). The average molecular weight is 463 g/mol. The highest BCUT2D eigenvalue weighted by molar-refractivity contribution is 5.90. The Balaban J connectivity index is 1.37. The van der Waals surface area contributed by atoms with Gasteiger partial charge in [-0.25, -0.2) is 19.6 Å². The van der Waals surface area contributed by atoms with E-state index >= 15 is 0 Å². The quantitative estimate of drug-likeness (QED) is 0.430. The van der Waals surface area contributed by atoms with Crippen LogP contribution in [0.5, 0.6) is 0 Å². The van der Waals surface area contributed by atoms with Gasteiger partial charge in [-0.2, -0.15) is 13.9 Å². The lowest BCUT2D eigenvalue weighted by Gasteiger charge is -2.32. The number of amides is 1. The largest absolute Gasteiger partial charge is 0.412 e. The number of carbonyl (C=O) groups is 1. The smallest absolute Gasteiger partial charge is 0.333 e. The topological polar surface area (TPSA) is 132 Å². The van der Waals surface area contributed by atoms with Crippen LogP contribution in [0.3, 0.4) is 0 Å². The number of hydrogen-bond donors (Lipinski definition) is 1. The van der Waals surface area contributed by atoms with Gasteiger partial charge in [0.2, 0.25) is 0 Å². The number of benzene rings is 1. The van der Waals surface area contributed by atoms with Gasteiger partial charge in [0.1, 0.15) is 6.04 Å². The van der Waals surface area contributed by atoms with Crippen LogP contribution in [0, 0.1) is 0 Å². The number of aromatic nitrogens is 8. The minimum atomic E-state index is -2.81. The zero-order valence-corrected chi connectivity index (χ0v) is 17.3. The summed E-state index contributed by atoms with van der Waals surface area (Å²) in [5.41, 5.74) is 2.43. The van der Waals surface area contributed by atoms with Crippen molar-refractivity contribution >= 4 is 16.8 Å². The second kappa shape index (κ2) is 7.79. The summed E-state index contributed by atoms with van der Waals surface area (Å²) in [5.74, 6) is -0.524. The van der Waals surface area contributed by atoms with Gasteiger partial charge in [-0.05, 0) is 6.07 Å². The van der Waals surface area contributed by atoms with E-state index in [0.29, 0.717) is 29.2 Å². The van der Waals surface area contributed by atoms with Gasteiger partial charge in [-0.1, -0.05) is 18.2 Å². The highest BCUT2D eigenvalue weighted by atomic mass is 19.3. The number of rotatable bonds is 4. The van der Waals surface area contributed by atoms with Crippen LogP contribution in [0.15, 0.2) is 53.6 Å². The lowest BCUT2D eigenvalue weighted by atomic mass is 10.0. The molecule has 1 atom stereocenters. The number of fused-ring (bicyclic) bond motifs is 2. The number of nitrogens with zero attached hydrogens (tertiary/aromatic N) is 8. The molecule has 1 amide bonds. The van der Waals surface area contributed by atoms with E-state index in [1.165, 1.54) is 4.90 Å². The van der Waals surface area contributed by atoms with E-state index < -0.39 is 18.5 Å². The van der Waals surface area contributed by atoms with E-state index in [9.17, 15) is 13.6 Å². The Labute approximate surface area is 189 Å². The molecule has 1 aliphatic heterocycles. The zero-order chi connectivity index (χ0) is 23.2. The van der Waals surface area contributed by atoms with Crippen LogP contribution in [-0.4, -0.2) is 57.3 Å². The molecule has 0 saturated heterocycles. The molecule has 1 N–H and O–H groups in total. The Morgan fingerprint density at radius 2 is 2.06 bits per heavy atom. The van der Waals surface area contributed by atoms with Crippen LogP contribution >= 0.6 is 0 Å². The van der Waals surface area contributed by atoms with Crippen molar-refractivity contribution in [1.82, 2.24) is 44.8 Å². The number of halogens is 2. The predicted octanol–water partition coefficient (Wildman–Crippen LogP) is 2.78. The van der Waals surface area contributed by atoms with E-state index in [4.69, 9.17) is 4.42 Å². The summed E-state index contributed by atoms with van der Waals surface area (Å²) in [7, 11) is 0. The van der Waals surface area contributed by atoms with Crippen molar-refractivity contribution in [2.75, 3.05) is 6.54 Å². The van der Waals surface area contributed by atoms with Crippen LogP contribution in [0.1, 0.15) is 40.5 Å². The molecule has 0 unspecified atom stereocenters. The molecule has 0 aliphatic carbocycles. The van der Waals surface area contributed by atoms with Crippen molar-refractivity contribution in [3.8, 4) is 11.5 Å². The minimum absolute atomic E-state index is 0.0915. The molecule has 0 bridgehead atoms. The number of aromatic amines is 1. The van der Waals surface area contributed by atoms with Gasteiger partial charge in [-0.3, -0.25) is 4.79 Å². The first kappa shape index (κ1) is 20.1. The summed E-state index contributed by atoms with van der Waals surface area (Å²) < 4.78 is 31.6. The number of H-pyrrole nitrogens is 1. The molecule has 5 aromatic rings. The van der Waals surface area contributed by atoms with Crippen molar-refractivity contribution < 1.29 is 18.0 Å². The average Bonchev–Trinajstić information content (AvgIpc) is 3.62. The van der Waals surface area contributed by atoms with Gasteiger partial charge < -0.3 is 14.3 Å². The second-order valence-electron chi connectivity index (χ2n) is 7.60. The Hall–Kier alpha value is -4.55. The molecule has 5 heterocycles. The highest BCUT2D eigenvalue weighted by Gasteiger charge is 2.38. The molecule has 13 heteroatoms. The SMILES string of the molecule is O=C(c1nnc(-c2cnn(C(F)F)c2)o1)N1CCc2[nH]cnc2[C@H]1c1ncc2ccccc2n1. The first-order valence-electron chi connectivity index (χ1n) is 10.3. The molecule has 170 valence electrons. The standard InChI is InChI=1S/C21H15F2N9O2/c22-21(23)32-9-12(8-27-32)18-29-30-19(34-18)20(33)31-6-5-14-15(26-10-25-14)16(31)17-24-7-11-3-1-2-4-13(11)28-17/h1-4,7-10,16,21H,5-6H2,(H,25,26)/t16-/m0/s1. The van der Waals surface area contributed by atoms with Gasteiger partial charge in [0, 0.05) is 36.4 Å². The van der Waals surface area contributed by atoms with E-state index in [2.05, 4.69) is 35.2 Å². The molecule has 0 spiro atoms. The zero-order valence-electron chi connectivity index (χ0n) is 17.3. The Morgan fingerprint density at radius 1 is 1.18 bits per heavy atom. The number of carbonyl (C=O) groups excluding carboxylic acids is 1. The molecule has 4 aromatic heterocycles. The molecule has 11 nitrogen and oxygen atoms in total. The molecule has 34 heavy (non-hydrogen) atoms. The van der Waals surface area contributed by atoms with Crippen LogP contribution in [0.25, 0.3) is 22.4 Å². The number of alkyl halides is 2. The molecule has 0 radical (unpaired) electrons. The van der Waals surface area contributed by atoms with Gasteiger partial charge in [0.05, 0.1) is 29.3 Å². The number of nitrogens with one attached hydrogen (secondary N) is 1. The Morgan fingerprint density at radius 3 is 2.91 bits per heavy atom. The van der Waals surface area contributed by atoms with E-state index in [0.717, 1.165) is 29.0 Å². The van der Waals surface area contributed by atoms with Crippen molar-refractivity contribution in [2.24, 2.45) is 0 Å². The van der Waals surface area contributed by atoms with E-state index in [1.54, 1.807) is 12.5 Å². The molecule has 1 aliphatic rings. The summed E-state index contributed by atoms with van der Waals surface area (Å²) in [5, 5.41) is 12.1. The molecular formula is C21H15F2N9O2. The predicted molar refractivity (Wildman–Crippen MR) is 111 cm³/mol. The fourth-order valence-electron chi connectivity index (χ4n) is 3.98. The first-order valence-corrected chi connectivity index (χ1v) is 10.3. The third kappa shape index (κ3) is 3.29. The van der Waals surface area contributed by atoms with Crippen molar-refractivity contribution in [3.05, 3.63) is 72.3 Å². The monoisotopic (exact) mass is 463 g/mol. The van der Waals surface area contributed by atoms with Gasteiger partial charge in [-0.15, -0.1) is 10.2 Å². The van der Waals surface area contributed by atoms with E-state index in [-0.39, 0.29) is 17.3 Å². The van der Waals surface area contributed by atoms with Gasteiger partial charge >= 0.3 is 18.3 Å². The Kier molecular flexibility index (Phi) is 4.60. The molecule has 1 aromatic carbocycles. The Bertz CT molecular complexity index is 1510. The molecular weight excluding hydrogens is 448 g/mol. The minimum Gasteiger partial charge on any atom is -0.412 e. The molecule has 0 fully saturated rings. The van der Waals surface area contributed by atoms with Crippen molar-refractivity contribution in [1.29, 1.82) is 0 Å². The normalized spacial score (nSPS) is 15.7. The van der Waals surface area contributed by atoms with Crippen LogP contribution in [0.4, 0.5) is 8.78 Å². The summed E-state index contributed by atoms with van der Waals surface area (Å²) >= 11 is 0. The lowest BCUT2D eigenvalue weighted by molar-refractivity contribution is 0.0566. The van der Waals surface area contributed by atoms with E-state index in [1.807, 2.05) is 24.3 Å². The summed E-state index contributed by atoms with van der Waals surface area (Å²) in [6.07, 6.45) is 6.03. The van der Waals surface area contributed by atoms with Crippen LogP contribution < -0.4 is 0 Å². The van der Waals surface area contributed by atoms with Gasteiger partial charge in [0.15, 0.2) is 5.82 Å². The number of hydrogen-bond acceptors (Lipinski definition) is 8. The van der Waals surface area contributed by atoms with Gasteiger partial charge in [0.25, 0.3) is 5.89 Å². The fourth-order valence-corrected chi connectivity index (χ4v) is 3.98. The van der Waals surface area contributed by atoms with Crippen LogP contribution in [0.2, 0.25) is 0 Å². The van der Waals surface area contributed by atoms with Crippen LogP contribution in [-0.2, 0) is 6.42 Å². The van der Waals surface area contributed by atoms with Crippen molar-refractivity contribution in [2.45, 2.75) is 19.0 Å². The van der Waals surface area contributed by atoms with Crippen molar-refractivity contribution in [3.63, 3.8) is 0 Å². The third-order valence-corrected chi connectivity index (χ3v) is 5.59. The molecule has 0 saturated carbocycles. The summed E-state index contributed by atoms with van der Waals surface area (Å²) in [6.45, 7) is -2.48. The highest BCUT2D eigenvalue weighted by Crippen LogP contribution is 2.33. The summed E-state index contributed by atoms with van der Waals surface area (Å²) in [6, 6.07) is 6.86. The first-order chi connectivity index (χ1) is 16.6. The maximum atomic E-state index is 13.4. The lowest BCUT2D eigenvalue weighted by Crippen LogP contribution is -2.41. The maximum Gasteiger partial charge on any atom is 0.333 e. The third-order valence-electron chi connectivity index (χ3n) is 5.59. The maximum absolute atomic E-state index is 13.4. The number of para-hydroxylation sites is 1.